The van der Waals surface area contributed by atoms with Gasteiger partial charge in [-0.3, -0.25) is 4.79 Å². The van der Waals surface area contributed by atoms with Crippen LogP contribution in [0.2, 0.25) is 4.34 Å². The molecule has 0 saturated heterocycles. The number of rotatable bonds is 5. The first-order valence-electron chi connectivity index (χ1n) is 5.52. The maximum Gasteiger partial charge on any atom is 0.306 e. The van der Waals surface area contributed by atoms with Crippen LogP contribution in [-0.2, 0) is 14.9 Å². The van der Waals surface area contributed by atoms with Gasteiger partial charge in [0, 0.05) is 16.3 Å². The first kappa shape index (κ1) is 14.5. The Bertz CT molecular complexity index is 394. The molecule has 0 radical (unpaired) electrons. The summed E-state index contributed by atoms with van der Waals surface area (Å²) in [7, 11) is 1.39. The summed E-state index contributed by atoms with van der Waals surface area (Å²) >= 11 is 7.41. The topological polar surface area (TPSA) is 52.3 Å². The van der Waals surface area contributed by atoms with E-state index in [2.05, 4.69) is 0 Å². The third-order valence-electron chi connectivity index (χ3n) is 3.13. The zero-order valence-electron chi connectivity index (χ0n) is 10.3. The Hall–Kier alpha value is -0.580. The molecule has 1 aromatic rings. The van der Waals surface area contributed by atoms with E-state index in [1.165, 1.54) is 18.4 Å². The smallest absolute Gasteiger partial charge is 0.306 e. The monoisotopic (exact) mass is 275 g/mol. The Morgan fingerprint density at radius 3 is 2.71 bits per heavy atom. The van der Waals surface area contributed by atoms with E-state index in [1.807, 2.05) is 26.0 Å². The molecule has 2 N–H and O–H groups in total. The molecule has 2 atom stereocenters. The second kappa shape index (κ2) is 5.85. The minimum absolute atomic E-state index is 0.101. The Morgan fingerprint density at radius 1 is 1.65 bits per heavy atom. The molecule has 0 aliphatic heterocycles. The maximum atomic E-state index is 11.5. The second-order valence-electron chi connectivity index (χ2n) is 4.29. The van der Waals surface area contributed by atoms with Crippen LogP contribution in [0.5, 0.6) is 0 Å². The number of methoxy groups -OCH3 is 1. The molecule has 0 fully saturated rings. The van der Waals surface area contributed by atoms with E-state index < -0.39 is 5.41 Å². The molecule has 0 aliphatic carbocycles. The van der Waals surface area contributed by atoms with E-state index in [9.17, 15) is 4.79 Å². The predicted molar refractivity (Wildman–Crippen MR) is 71.6 cm³/mol. The molecule has 0 spiro atoms. The molecule has 96 valence electrons. The Balaban J connectivity index is 3.05. The average molecular weight is 276 g/mol. The molecular formula is C12H18ClNO2S. The summed E-state index contributed by atoms with van der Waals surface area (Å²) in [6.45, 7) is 4.00. The highest BCUT2D eigenvalue weighted by Gasteiger charge is 2.36. The van der Waals surface area contributed by atoms with Crippen molar-refractivity contribution in [2.75, 3.05) is 7.11 Å². The summed E-state index contributed by atoms with van der Waals surface area (Å²) in [4.78, 5) is 12.6. The van der Waals surface area contributed by atoms with Gasteiger partial charge in [0.15, 0.2) is 0 Å². The molecule has 0 amide bonds. The number of carbonyl (C=O) groups excluding carboxylic acids is 1. The lowest BCUT2D eigenvalue weighted by atomic mass is 9.77. The van der Waals surface area contributed by atoms with E-state index >= 15 is 0 Å². The van der Waals surface area contributed by atoms with Gasteiger partial charge in [-0.1, -0.05) is 25.4 Å². The van der Waals surface area contributed by atoms with Crippen LogP contribution in [0.25, 0.3) is 0 Å². The van der Waals surface area contributed by atoms with Gasteiger partial charge in [-0.25, -0.2) is 0 Å². The average Bonchev–Trinajstić information content (AvgIpc) is 2.74. The summed E-state index contributed by atoms with van der Waals surface area (Å²) in [5.41, 5.74) is 5.73. The number of carbonyl (C=O) groups is 1. The summed E-state index contributed by atoms with van der Waals surface area (Å²) in [6.07, 6.45) is 1.07. The molecule has 5 heteroatoms. The van der Waals surface area contributed by atoms with Gasteiger partial charge in [0.1, 0.15) is 0 Å². The summed E-state index contributed by atoms with van der Waals surface area (Å²) in [6, 6.07) is 3.67. The number of halogens is 1. The van der Waals surface area contributed by atoms with Crippen LogP contribution in [0, 0.1) is 0 Å². The third kappa shape index (κ3) is 3.21. The fraction of sp³-hybridized carbons (Fsp3) is 0.583. The number of thiophene rings is 1. The van der Waals surface area contributed by atoms with E-state index in [1.54, 1.807) is 0 Å². The molecule has 1 aromatic heterocycles. The normalized spacial score (nSPS) is 16.3. The van der Waals surface area contributed by atoms with Crippen molar-refractivity contribution in [3.63, 3.8) is 0 Å². The highest BCUT2D eigenvalue weighted by atomic mass is 35.5. The van der Waals surface area contributed by atoms with Crippen LogP contribution >= 0.6 is 22.9 Å². The number of hydrogen-bond donors (Lipinski definition) is 1. The van der Waals surface area contributed by atoms with Gasteiger partial charge >= 0.3 is 5.97 Å². The van der Waals surface area contributed by atoms with Crippen molar-refractivity contribution in [3.05, 3.63) is 21.3 Å². The minimum Gasteiger partial charge on any atom is -0.469 e. The third-order valence-corrected chi connectivity index (χ3v) is 4.64. The van der Waals surface area contributed by atoms with E-state index in [4.69, 9.17) is 22.1 Å². The molecular weight excluding hydrogens is 258 g/mol. The van der Waals surface area contributed by atoms with Crippen molar-refractivity contribution in [2.24, 2.45) is 5.73 Å². The molecule has 17 heavy (non-hydrogen) atoms. The molecule has 3 nitrogen and oxygen atoms in total. The molecule has 0 bridgehead atoms. The van der Waals surface area contributed by atoms with E-state index in [0.717, 1.165) is 11.3 Å². The quantitative estimate of drug-likeness (QED) is 0.841. The zero-order chi connectivity index (χ0) is 13.1. The van der Waals surface area contributed by atoms with Gasteiger partial charge in [0.2, 0.25) is 0 Å². The van der Waals surface area contributed by atoms with Crippen LogP contribution in [0.4, 0.5) is 0 Å². The first-order chi connectivity index (χ1) is 7.93. The lowest BCUT2D eigenvalue weighted by molar-refractivity contribution is -0.142. The maximum absolute atomic E-state index is 11.5. The van der Waals surface area contributed by atoms with Crippen molar-refractivity contribution in [2.45, 2.75) is 38.1 Å². The van der Waals surface area contributed by atoms with Crippen molar-refractivity contribution in [1.29, 1.82) is 0 Å². The Morgan fingerprint density at radius 2 is 2.29 bits per heavy atom. The minimum atomic E-state index is -0.417. The largest absolute Gasteiger partial charge is 0.469 e. The van der Waals surface area contributed by atoms with Crippen molar-refractivity contribution >= 4 is 28.9 Å². The highest BCUT2D eigenvalue weighted by molar-refractivity contribution is 7.16. The second-order valence-corrected chi connectivity index (χ2v) is 6.00. The molecule has 1 heterocycles. The summed E-state index contributed by atoms with van der Waals surface area (Å²) in [5, 5.41) is 0. The predicted octanol–water partition coefficient (Wildman–Crippen LogP) is 2.96. The van der Waals surface area contributed by atoms with Crippen molar-refractivity contribution in [1.82, 2.24) is 0 Å². The molecule has 0 aromatic carbocycles. The SMILES string of the molecule is CCC(N)C(C)(CC(=O)OC)c1ccc(Cl)s1. The van der Waals surface area contributed by atoms with E-state index in [0.29, 0.717) is 4.34 Å². The van der Waals surface area contributed by atoms with Gasteiger partial charge < -0.3 is 10.5 Å². The Kier molecular flexibility index (Phi) is 4.98. The van der Waals surface area contributed by atoms with Gasteiger partial charge in [-0.15, -0.1) is 11.3 Å². The van der Waals surface area contributed by atoms with Gasteiger partial charge in [-0.2, -0.15) is 0 Å². The van der Waals surface area contributed by atoms with Crippen molar-refractivity contribution in [3.8, 4) is 0 Å². The standard InChI is InChI=1S/C12H18ClNO2S/c1-4-8(14)12(2,7-11(15)16-3)9-5-6-10(13)17-9/h5-6,8H,4,7,14H2,1-3H3. The van der Waals surface area contributed by atoms with E-state index in [-0.39, 0.29) is 18.4 Å². The number of esters is 1. The molecule has 0 aliphatic rings. The van der Waals surface area contributed by atoms with Crippen LogP contribution in [0.1, 0.15) is 31.6 Å². The van der Waals surface area contributed by atoms with Crippen LogP contribution in [-0.4, -0.2) is 19.1 Å². The highest BCUT2D eigenvalue weighted by Crippen LogP contribution is 2.38. The summed E-state index contributed by atoms with van der Waals surface area (Å²) in [5.74, 6) is -0.249. The number of hydrogen-bond acceptors (Lipinski definition) is 4. The molecule has 0 saturated carbocycles. The van der Waals surface area contributed by atoms with Crippen molar-refractivity contribution < 1.29 is 9.53 Å². The molecule has 2 unspecified atom stereocenters. The van der Waals surface area contributed by atoms with Gasteiger partial charge in [-0.05, 0) is 18.6 Å². The number of ether oxygens (including phenoxy) is 1. The zero-order valence-corrected chi connectivity index (χ0v) is 11.9. The lowest BCUT2D eigenvalue weighted by Crippen LogP contribution is -2.44. The fourth-order valence-electron chi connectivity index (χ4n) is 1.84. The molecule has 1 rings (SSSR count). The number of nitrogens with two attached hydrogens (primary N) is 1. The summed E-state index contributed by atoms with van der Waals surface area (Å²) < 4.78 is 5.45. The van der Waals surface area contributed by atoms with Gasteiger partial charge in [0.25, 0.3) is 0 Å². The Labute approximate surface area is 111 Å². The van der Waals surface area contributed by atoms with Crippen LogP contribution in [0.15, 0.2) is 12.1 Å². The van der Waals surface area contributed by atoms with Crippen LogP contribution < -0.4 is 5.73 Å². The lowest BCUT2D eigenvalue weighted by Gasteiger charge is -2.33. The fourth-order valence-corrected chi connectivity index (χ4v) is 3.10. The van der Waals surface area contributed by atoms with Gasteiger partial charge in [0.05, 0.1) is 17.9 Å². The first-order valence-corrected chi connectivity index (χ1v) is 6.71. The van der Waals surface area contributed by atoms with Crippen LogP contribution in [0.3, 0.4) is 0 Å².